The lowest BCUT2D eigenvalue weighted by Crippen LogP contribution is -2.41. The second kappa shape index (κ2) is 13.6. The van der Waals surface area contributed by atoms with Crippen LogP contribution in [-0.4, -0.2) is 43.2 Å². The van der Waals surface area contributed by atoms with Crippen molar-refractivity contribution < 1.29 is 37.0 Å². The normalized spacial score (nSPS) is 12.1. The van der Waals surface area contributed by atoms with E-state index in [0.717, 1.165) is 12.1 Å². The Morgan fingerprint density at radius 2 is 1.78 bits per heavy atom. The maximum atomic E-state index is 13.3. The molecule has 0 radical (unpaired) electrons. The van der Waals surface area contributed by atoms with Gasteiger partial charge in [0.2, 0.25) is 0 Å². The molecule has 0 heterocycles. The van der Waals surface area contributed by atoms with Gasteiger partial charge in [-0.3, -0.25) is 14.4 Å². The third kappa shape index (κ3) is 9.41. The quantitative estimate of drug-likeness (QED) is 0.218. The van der Waals surface area contributed by atoms with Gasteiger partial charge < -0.3 is 20.1 Å². The molecule has 37 heavy (non-hydrogen) atoms. The molecule has 0 aliphatic heterocycles. The van der Waals surface area contributed by atoms with Gasteiger partial charge >= 0.3 is 18.0 Å². The van der Waals surface area contributed by atoms with Gasteiger partial charge in [0.25, 0.3) is 5.91 Å². The Labute approximate surface area is 219 Å². The van der Waals surface area contributed by atoms with Crippen LogP contribution in [0.15, 0.2) is 46.0 Å². The van der Waals surface area contributed by atoms with Crippen LogP contribution in [0, 0.1) is 0 Å². The molecule has 2 rings (SSSR count). The fourth-order valence-corrected chi connectivity index (χ4v) is 3.15. The molecule has 2 aromatic carbocycles. The van der Waals surface area contributed by atoms with Gasteiger partial charge in [-0.1, -0.05) is 22.9 Å². The third-order valence-electron chi connectivity index (χ3n) is 4.76. The van der Waals surface area contributed by atoms with Gasteiger partial charge in [0, 0.05) is 10.5 Å². The highest BCUT2D eigenvalue weighted by atomic mass is 79.9. The number of rotatable bonds is 10. The van der Waals surface area contributed by atoms with Crippen molar-refractivity contribution in [3.05, 3.63) is 52.0 Å². The second-order valence-electron chi connectivity index (χ2n) is 7.65. The summed E-state index contributed by atoms with van der Waals surface area (Å²) < 4.78 is 51.0. The summed E-state index contributed by atoms with van der Waals surface area (Å²) >= 11 is 2.99. The fourth-order valence-electron chi connectivity index (χ4n) is 2.79. The van der Waals surface area contributed by atoms with Gasteiger partial charge in [0.05, 0.1) is 24.1 Å². The SMILES string of the molecule is CCOc1cc(/C=N\NC(=O)C(=O)N[C@@H](C)CC)ccc1OCC(=O)Nc1ccc(Br)cc1C(F)(F)F. The summed E-state index contributed by atoms with van der Waals surface area (Å²) in [5.74, 6) is -2.14. The Kier molecular flexibility index (Phi) is 10.9. The first-order chi connectivity index (χ1) is 17.4. The van der Waals surface area contributed by atoms with Gasteiger partial charge in [-0.25, -0.2) is 5.43 Å². The summed E-state index contributed by atoms with van der Waals surface area (Å²) in [6, 6.07) is 7.75. The zero-order chi connectivity index (χ0) is 27.6. The minimum atomic E-state index is -4.66. The van der Waals surface area contributed by atoms with Crippen molar-refractivity contribution in [1.82, 2.24) is 10.7 Å². The highest BCUT2D eigenvalue weighted by molar-refractivity contribution is 9.10. The van der Waals surface area contributed by atoms with Gasteiger partial charge in [0.1, 0.15) is 0 Å². The molecule has 0 fully saturated rings. The highest BCUT2D eigenvalue weighted by Crippen LogP contribution is 2.36. The average Bonchev–Trinajstić information content (AvgIpc) is 2.84. The van der Waals surface area contributed by atoms with Crippen molar-refractivity contribution in [2.24, 2.45) is 5.10 Å². The molecule has 0 saturated heterocycles. The number of carbonyl (C=O) groups is 3. The molecule has 3 N–H and O–H groups in total. The van der Waals surface area contributed by atoms with Crippen molar-refractivity contribution in [3.8, 4) is 11.5 Å². The standard InChI is InChI=1S/C24H26BrF3N4O5/c1-4-14(3)30-22(34)23(35)32-29-12-15-6-9-19(20(10-15)36-5-2)37-13-21(33)31-18-8-7-16(25)11-17(18)24(26,27)28/h6-12,14H,4-5,13H2,1-3H3,(H,30,34)(H,31,33)(H,32,35)/b29-12-/t14-/m0/s1. The van der Waals surface area contributed by atoms with Crippen LogP contribution in [0.5, 0.6) is 11.5 Å². The average molecular weight is 587 g/mol. The largest absolute Gasteiger partial charge is 0.490 e. The van der Waals surface area contributed by atoms with Gasteiger partial charge in [-0.05, 0) is 62.2 Å². The lowest BCUT2D eigenvalue weighted by atomic mass is 10.1. The number of nitrogens with zero attached hydrogens (tertiary/aromatic N) is 1. The van der Waals surface area contributed by atoms with Gasteiger partial charge in [-0.15, -0.1) is 0 Å². The minimum absolute atomic E-state index is 0.160. The van der Waals surface area contributed by atoms with E-state index in [1.54, 1.807) is 19.9 Å². The zero-order valence-corrected chi connectivity index (χ0v) is 21.8. The predicted octanol–water partition coefficient (Wildman–Crippen LogP) is 4.25. The van der Waals surface area contributed by atoms with Crippen LogP contribution in [0.3, 0.4) is 0 Å². The zero-order valence-electron chi connectivity index (χ0n) is 20.2. The van der Waals surface area contributed by atoms with Crippen LogP contribution in [0.2, 0.25) is 0 Å². The minimum Gasteiger partial charge on any atom is -0.490 e. The number of amides is 3. The maximum Gasteiger partial charge on any atom is 0.418 e. The number of halogens is 4. The predicted molar refractivity (Wildman–Crippen MR) is 135 cm³/mol. The van der Waals surface area contributed by atoms with E-state index in [0.29, 0.717) is 12.0 Å². The Hall–Kier alpha value is -3.61. The monoisotopic (exact) mass is 586 g/mol. The molecule has 0 aliphatic carbocycles. The maximum absolute atomic E-state index is 13.3. The summed E-state index contributed by atoms with van der Waals surface area (Å²) in [7, 11) is 0. The van der Waals surface area contributed by atoms with E-state index in [1.165, 1.54) is 24.4 Å². The number of hydrogen-bond donors (Lipinski definition) is 3. The van der Waals surface area contributed by atoms with Crippen LogP contribution in [0.25, 0.3) is 0 Å². The van der Waals surface area contributed by atoms with Gasteiger partial charge in [-0.2, -0.15) is 18.3 Å². The molecule has 13 heteroatoms. The molecule has 9 nitrogen and oxygen atoms in total. The molecular formula is C24H26BrF3N4O5. The van der Waals surface area contributed by atoms with Gasteiger partial charge in [0.15, 0.2) is 18.1 Å². The summed E-state index contributed by atoms with van der Waals surface area (Å²) in [5, 5.41) is 8.45. The molecule has 0 spiro atoms. The van der Waals surface area contributed by atoms with Crippen molar-refractivity contribution in [2.75, 3.05) is 18.5 Å². The van der Waals surface area contributed by atoms with Crippen LogP contribution < -0.4 is 25.5 Å². The molecule has 0 saturated carbocycles. The van der Waals surface area contributed by atoms with Crippen molar-refractivity contribution >= 4 is 45.6 Å². The molecule has 0 aliphatic rings. The lowest BCUT2D eigenvalue weighted by molar-refractivity contribution is -0.139. The first-order valence-electron chi connectivity index (χ1n) is 11.1. The number of hydrazone groups is 1. The molecular weight excluding hydrogens is 561 g/mol. The van der Waals surface area contributed by atoms with E-state index >= 15 is 0 Å². The molecule has 200 valence electrons. The van der Waals surface area contributed by atoms with Crippen molar-refractivity contribution in [3.63, 3.8) is 0 Å². The highest BCUT2D eigenvalue weighted by Gasteiger charge is 2.34. The Balaban J connectivity index is 2.03. The number of alkyl halides is 3. The number of ether oxygens (including phenoxy) is 2. The molecule has 1 atom stereocenters. The van der Waals surface area contributed by atoms with Crippen LogP contribution in [0.4, 0.5) is 18.9 Å². The molecule has 0 unspecified atom stereocenters. The topological polar surface area (TPSA) is 118 Å². The second-order valence-corrected chi connectivity index (χ2v) is 8.56. The number of anilines is 1. The van der Waals surface area contributed by atoms with E-state index in [1.807, 2.05) is 6.92 Å². The van der Waals surface area contributed by atoms with Crippen LogP contribution in [0.1, 0.15) is 38.3 Å². The molecule has 0 aromatic heterocycles. The Morgan fingerprint density at radius 3 is 2.43 bits per heavy atom. The Bertz CT molecular complexity index is 1160. The first kappa shape index (κ1) is 29.6. The van der Waals surface area contributed by atoms with Crippen LogP contribution >= 0.6 is 15.9 Å². The van der Waals surface area contributed by atoms with E-state index in [4.69, 9.17) is 9.47 Å². The summed E-state index contributed by atoms with van der Waals surface area (Å²) in [6.07, 6.45) is -2.72. The summed E-state index contributed by atoms with van der Waals surface area (Å²) in [6.45, 7) is 5.02. The fraction of sp³-hybridized carbons (Fsp3) is 0.333. The van der Waals surface area contributed by atoms with E-state index < -0.39 is 41.8 Å². The third-order valence-corrected chi connectivity index (χ3v) is 5.26. The summed E-state index contributed by atoms with van der Waals surface area (Å²) in [5.41, 5.74) is 1.19. The molecule has 0 bridgehead atoms. The van der Waals surface area contributed by atoms with Crippen LogP contribution in [-0.2, 0) is 20.6 Å². The number of nitrogens with one attached hydrogen (secondary N) is 3. The number of hydrogen-bond acceptors (Lipinski definition) is 6. The van der Waals surface area contributed by atoms with Crippen molar-refractivity contribution in [2.45, 2.75) is 39.4 Å². The lowest BCUT2D eigenvalue weighted by Gasteiger charge is -2.15. The summed E-state index contributed by atoms with van der Waals surface area (Å²) in [4.78, 5) is 35.8. The van der Waals surface area contributed by atoms with E-state index in [9.17, 15) is 27.6 Å². The number of benzene rings is 2. The smallest absolute Gasteiger partial charge is 0.418 e. The van der Waals surface area contributed by atoms with E-state index in [-0.39, 0.29) is 28.6 Å². The van der Waals surface area contributed by atoms with E-state index in [2.05, 4.69) is 37.1 Å². The Morgan fingerprint density at radius 1 is 1.05 bits per heavy atom. The van der Waals surface area contributed by atoms with Crippen molar-refractivity contribution in [1.29, 1.82) is 0 Å². The first-order valence-corrected chi connectivity index (χ1v) is 11.9. The molecule has 3 amide bonds. The number of carbonyl (C=O) groups excluding carboxylic acids is 3. The molecule has 2 aromatic rings.